The van der Waals surface area contributed by atoms with E-state index in [2.05, 4.69) is 5.32 Å². The maximum atomic E-state index is 12.6. The second kappa shape index (κ2) is 6.37. The molecule has 1 aliphatic heterocycles. The summed E-state index contributed by atoms with van der Waals surface area (Å²) in [5.74, 6) is -2.23. The molecule has 5 nitrogen and oxygen atoms in total. The van der Waals surface area contributed by atoms with E-state index in [0.717, 1.165) is 25.9 Å². The SMILES string of the molecule is CCN(C(=O)C(C(=O)O)C(C)(C)C)C1CCNCC1. The van der Waals surface area contributed by atoms with Gasteiger partial charge in [0.15, 0.2) is 0 Å². The van der Waals surface area contributed by atoms with E-state index in [1.165, 1.54) is 0 Å². The van der Waals surface area contributed by atoms with Crippen molar-refractivity contribution in [2.75, 3.05) is 19.6 Å². The molecule has 0 bridgehead atoms. The van der Waals surface area contributed by atoms with Gasteiger partial charge < -0.3 is 15.3 Å². The molecule has 1 amide bonds. The number of carbonyl (C=O) groups excluding carboxylic acids is 1. The highest BCUT2D eigenvalue weighted by Crippen LogP contribution is 2.29. The number of carboxylic acids is 1. The van der Waals surface area contributed by atoms with Crippen LogP contribution < -0.4 is 5.32 Å². The number of rotatable bonds is 4. The van der Waals surface area contributed by atoms with Crippen molar-refractivity contribution in [3.05, 3.63) is 0 Å². The molecule has 1 unspecified atom stereocenters. The lowest BCUT2D eigenvalue weighted by Gasteiger charge is -2.38. The molecule has 0 saturated carbocycles. The molecule has 1 atom stereocenters. The van der Waals surface area contributed by atoms with Gasteiger partial charge in [0.05, 0.1) is 0 Å². The molecule has 1 fully saturated rings. The second-order valence-electron chi connectivity index (χ2n) is 6.24. The summed E-state index contributed by atoms with van der Waals surface area (Å²) in [6.45, 7) is 9.69. The molecular formula is C14H26N2O3. The Hall–Kier alpha value is -1.10. The number of hydrogen-bond acceptors (Lipinski definition) is 3. The van der Waals surface area contributed by atoms with Gasteiger partial charge in [0.2, 0.25) is 5.91 Å². The number of carbonyl (C=O) groups is 2. The number of nitrogens with one attached hydrogen (secondary N) is 1. The third kappa shape index (κ3) is 3.93. The van der Waals surface area contributed by atoms with Gasteiger partial charge in [-0.1, -0.05) is 20.8 Å². The molecule has 19 heavy (non-hydrogen) atoms. The zero-order valence-electron chi connectivity index (χ0n) is 12.4. The lowest BCUT2D eigenvalue weighted by molar-refractivity contribution is -0.157. The van der Waals surface area contributed by atoms with Crippen molar-refractivity contribution in [2.24, 2.45) is 11.3 Å². The topological polar surface area (TPSA) is 69.6 Å². The van der Waals surface area contributed by atoms with Gasteiger partial charge in [-0.2, -0.15) is 0 Å². The number of carboxylic acid groups (broad SMARTS) is 1. The maximum Gasteiger partial charge on any atom is 0.316 e. The van der Waals surface area contributed by atoms with Gasteiger partial charge in [-0.05, 0) is 38.3 Å². The first kappa shape index (κ1) is 16.0. The Bertz CT molecular complexity index is 330. The van der Waals surface area contributed by atoms with E-state index in [1.807, 2.05) is 6.92 Å². The Morgan fingerprint density at radius 2 is 1.84 bits per heavy atom. The number of hydrogen-bond donors (Lipinski definition) is 2. The van der Waals surface area contributed by atoms with Crippen LogP contribution in [0.5, 0.6) is 0 Å². The smallest absolute Gasteiger partial charge is 0.316 e. The summed E-state index contributed by atoms with van der Waals surface area (Å²) in [4.78, 5) is 25.8. The monoisotopic (exact) mass is 270 g/mol. The summed E-state index contributed by atoms with van der Waals surface area (Å²) in [5.41, 5.74) is -0.566. The summed E-state index contributed by atoms with van der Waals surface area (Å²) in [7, 11) is 0. The molecule has 0 aromatic heterocycles. The highest BCUT2D eigenvalue weighted by Gasteiger charge is 2.41. The zero-order chi connectivity index (χ0) is 14.6. The van der Waals surface area contributed by atoms with Crippen molar-refractivity contribution >= 4 is 11.9 Å². The van der Waals surface area contributed by atoms with Crippen LogP contribution in [0.4, 0.5) is 0 Å². The van der Waals surface area contributed by atoms with Gasteiger partial charge in [0.25, 0.3) is 0 Å². The van der Waals surface area contributed by atoms with Crippen molar-refractivity contribution in [3.8, 4) is 0 Å². The first-order chi connectivity index (χ1) is 8.79. The Morgan fingerprint density at radius 3 is 2.21 bits per heavy atom. The van der Waals surface area contributed by atoms with Crippen molar-refractivity contribution < 1.29 is 14.7 Å². The molecule has 1 rings (SSSR count). The van der Waals surface area contributed by atoms with Gasteiger partial charge in [0, 0.05) is 12.6 Å². The van der Waals surface area contributed by atoms with Crippen LogP contribution in [0.25, 0.3) is 0 Å². The highest BCUT2D eigenvalue weighted by atomic mass is 16.4. The highest BCUT2D eigenvalue weighted by molar-refractivity contribution is 5.97. The minimum atomic E-state index is -1.02. The Balaban J connectivity index is 2.89. The van der Waals surface area contributed by atoms with Crippen LogP contribution in [-0.4, -0.2) is 47.6 Å². The maximum absolute atomic E-state index is 12.6. The summed E-state index contributed by atoms with van der Waals surface area (Å²) in [5, 5.41) is 12.6. The number of nitrogens with zero attached hydrogens (tertiary/aromatic N) is 1. The fraction of sp³-hybridized carbons (Fsp3) is 0.857. The molecule has 0 aliphatic carbocycles. The van der Waals surface area contributed by atoms with E-state index in [0.29, 0.717) is 6.54 Å². The van der Waals surface area contributed by atoms with Crippen molar-refractivity contribution in [1.82, 2.24) is 10.2 Å². The average molecular weight is 270 g/mol. The average Bonchev–Trinajstić information content (AvgIpc) is 2.28. The minimum Gasteiger partial charge on any atom is -0.481 e. The molecular weight excluding hydrogens is 244 g/mol. The molecule has 1 heterocycles. The molecule has 1 aliphatic rings. The lowest BCUT2D eigenvalue weighted by atomic mass is 9.79. The van der Waals surface area contributed by atoms with E-state index in [-0.39, 0.29) is 11.9 Å². The third-order valence-corrected chi connectivity index (χ3v) is 3.73. The lowest BCUT2D eigenvalue weighted by Crippen LogP contribution is -2.51. The third-order valence-electron chi connectivity index (χ3n) is 3.73. The first-order valence-electron chi connectivity index (χ1n) is 7.03. The largest absolute Gasteiger partial charge is 0.481 e. The number of aliphatic carboxylic acids is 1. The van der Waals surface area contributed by atoms with E-state index < -0.39 is 17.3 Å². The number of piperidine rings is 1. The molecule has 0 spiro atoms. The Labute approximate surface area is 115 Å². The fourth-order valence-electron chi connectivity index (χ4n) is 2.72. The first-order valence-corrected chi connectivity index (χ1v) is 7.03. The van der Waals surface area contributed by atoms with E-state index in [4.69, 9.17) is 0 Å². The summed E-state index contributed by atoms with van der Waals surface area (Å²) in [6.07, 6.45) is 1.80. The van der Waals surface area contributed by atoms with Crippen LogP contribution in [0.2, 0.25) is 0 Å². The van der Waals surface area contributed by atoms with Crippen LogP contribution in [0, 0.1) is 11.3 Å². The van der Waals surface area contributed by atoms with Crippen LogP contribution >= 0.6 is 0 Å². The predicted molar refractivity (Wildman–Crippen MR) is 73.9 cm³/mol. The molecule has 0 radical (unpaired) electrons. The quantitative estimate of drug-likeness (QED) is 0.756. The Morgan fingerprint density at radius 1 is 1.32 bits per heavy atom. The minimum absolute atomic E-state index is 0.169. The normalized spacial score (nSPS) is 18.9. The van der Waals surface area contributed by atoms with E-state index >= 15 is 0 Å². The molecule has 0 aromatic rings. The summed E-state index contributed by atoms with van der Waals surface area (Å²) >= 11 is 0. The van der Waals surface area contributed by atoms with Gasteiger partial charge in [-0.15, -0.1) is 0 Å². The van der Waals surface area contributed by atoms with Gasteiger partial charge >= 0.3 is 5.97 Å². The fourth-order valence-corrected chi connectivity index (χ4v) is 2.72. The van der Waals surface area contributed by atoms with Crippen LogP contribution in [0.1, 0.15) is 40.5 Å². The van der Waals surface area contributed by atoms with Crippen molar-refractivity contribution in [1.29, 1.82) is 0 Å². The van der Waals surface area contributed by atoms with E-state index in [9.17, 15) is 14.7 Å². The second-order valence-corrected chi connectivity index (χ2v) is 6.24. The van der Waals surface area contributed by atoms with Gasteiger partial charge in [0.1, 0.15) is 5.92 Å². The summed E-state index contributed by atoms with van der Waals surface area (Å²) in [6, 6.07) is 0.169. The van der Waals surface area contributed by atoms with Gasteiger partial charge in [-0.25, -0.2) is 0 Å². The zero-order valence-corrected chi connectivity index (χ0v) is 12.4. The van der Waals surface area contributed by atoms with Gasteiger partial charge in [-0.3, -0.25) is 9.59 Å². The predicted octanol–water partition coefficient (Wildman–Crippen LogP) is 1.33. The van der Waals surface area contributed by atoms with Crippen LogP contribution in [0.3, 0.4) is 0 Å². The Kier molecular flexibility index (Phi) is 5.35. The van der Waals surface area contributed by atoms with Crippen molar-refractivity contribution in [3.63, 3.8) is 0 Å². The standard InChI is InChI=1S/C14H26N2O3/c1-5-16(10-6-8-15-9-7-10)12(17)11(13(18)19)14(2,3)4/h10-11,15H,5-9H2,1-4H3,(H,18,19). The summed E-state index contributed by atoms with van der Waals surface area (Å²) < 4.78 is 0. The van der Waals surface area contributed by atoms with Crippen LogP contribution in [-0.2, 0) is 9.59 Å². The molecule has 110 valence electrons. The van der Waals surface area contributed by atoms with Crippen LogP contribution in [0.15, 0.2) is 0 Å². The molecule has 0 aromatic carbocycles. The van der Waals surface area contributed by atoms with E-state index in [1.54, 1.807) is 25.7 Å². The molecule has 2 N–H and O–H groups in total. The van der Waals surface area contributed by atoms with Crippen molar-refractivity contribution in [2.45, 2.75) is 46.6 Å². The molecule has 1 saturated heterocycles. The number of amides is 1. The molecule has 5 heteroatoms.